The van der Waals surface area contributed by atoms with Crippen molar-refractivity contribution < 1.29 is 9.90 Å². The van der Waals surface area contributed by atoms with Gasteiger partial charge in [-0.3, -0.25) is 9.89 Å². The number of carbonyl (C=O) groups is 1. The van der Waals surface area contributed by atoms with Gasteiger partial charge in [-0.05, 0) is 31.5 Å². The molecule has 0 atom stereocenters. The van der Waals surface area contributed by atoms with E-state index < -0.39 is 5.97 Å². The molecule has 0 saturated heterocycles. The number of H-pyrrole nitrogens is 1. The summed E-state index contributed by atoms with van der Waals surface area (Å²) in [5.74, 6) is -1.13. The fourth-order valence-corrected chi connectivity index (χ4v) is 2.19. The van der Waals surface area contributed by atoms with E-state index in [2.05, 4.69) is 5.10 Å². The van der Waals surface area contributed by atoms with Crippen molar-refractivity contribution in [2.75, 3.05) is 0 Å². The second kappa shape index (κ2) is 4.93. The molecule has 0 aliphatic carbocycles. The van der Waals surface area contributed by atoms with Gasteiger partial charge in [0, 0.05) is 11.3 Å². The molecule has 5 nitrogen and oxygen atoms in total. The van der Waals surface area contributed by atoms with Gasteiger partial charge >= 0.3 is 5.97 Å². The number of halogens is 1. The molecular weight excluding hydrogens is 268 g/mol. The molecule has 100 valence electrons. The highest BCUT2D eigenvalue weighted by Crippen LogP contribution is 2.19. The lowest BCUT2D eigenvalue weighted by Crippen LogP contribution is -2.17. The van der Waals surface area contributed by atoms with Crippen LogP contribution in [0.1, 0.15) is 28.5 Å². The van der Waals surface area contributed by atoms with E-state index in [1.165, 1.54) is 16.8 Å². The minimum atomic E-state index is -1.13. The SMILES string of the molecule is CCc1c(C)[nH]n(-c2ccc(Cl)c(C(=O)O)c2)c1=O. The van der Waals surface area contributed by atoms with Crippen LogP contribution in [0, 0.1) is 6.92 Å². The molecule has 1 aromatic carbocycles. The van der Waals surface area contributed by atoms with Gasteiger partial charge in [0.2, 0.25) is 0 Å². The van der Waals surface area contributed by atoms with Crippen LogP contribution in [-0.2, 0) is 6.42 Å². The molecule has 19 heavy (non-hydrogen) atoms. The lowest BCUT2D eigenvalue weighted by atomic mass is 10.2. The first-order valence-electron chi connectivity index (χ1n) is 5.79. The van der Waals surface area contributed by atoms with Gasteiger partial charge in [0.25, 0.3) is 5.56 Å². The highest BCUT2D eigenvalue weighted by molar-refractivity contribution is 6.33. The van der Waals surface area contributed by atoms with Gasteiger partial charge in [0.1, 0.15) is 0 Å². The molecule has 1 heterocycles. The Bertz CT molecular complexity index is 700. The lowest BCUT2D eigenvalue weighted by molar-refractivity contribution is 0.0697. The summed E-state index contributed by atoms with van der Waals surface area (Å²) in [5.41, 5.74) is 1.72. The molecule has 0 fully saturated rings. The number of rotatable bonds is 3. The van der Waals surface area contributed by atoms with Crippen LogP contribution in [0.25, 0.3) is 5.69 Å². The largest absolute Gasteiger partial charge is 0.478 e. The zero-order valence-electron chi connectivity index (χ0n) is 10.5. The average molecular weight is 281 g/mol. The summed E-state index contributed by atoms with van der Waals surface area (Å²) in [6.07, 6.45) is 0.619. The third-order valence-corrected chi connectivity index (χ3v) is 3.32. The zero-order chi connectivity index (χ0) is 14.2. The van der Waals surface area contributed by atoms with E-state index in [1.807, 2.05) is 13.8 Å². The summed E-state index contributed by atoms with van der Waals surface area (Å²) in [5, 5.41) is 12.1. The van der Waals surface area contributed by atoms with E-state index in [1.54, 1.807) is 6.07 Å². The number of aromatic nitrogens is 2. The average Bonchev–Trinajstić information content (AvgIpc) is 2.64. The molecule has 2 rings (SSSR count). The zero-order valence-corrected chi connectivity index (χ0v) is 11.3. The summed E-state index contributed by atoms with van der Waals surface area (Å²) < 4.78 is 1.33. The van der Waals surface area contributed by atoms with Crippen LogP contribution in [0.3, 0.4) is 0 Å². The highest BCUT2D eigenvalue weighted by Gasteiger charge is 2.14. The van der Waals surface area contributed by atoms with E-state index in [9.17, 15) is 9.59 Å². The van der Waals surface area contributed by atoms with Crippen molar-refractivity contribution in [1.29, 1.82) is 0 Å². The normalized spacial score (nSPS) is 10.7. The van der Waals surface area contributed by atoms with Crippen LogP contribution >= 0.6 is 11.6 Å². The number of nitrogens with one attached hydrogen (secondary N) is 1. The fourth-order valence-electron chi connectivity index (χ4n) is 2.00. The van der Waals surface area contributed by atoms with E-state index in [0.717, 1.165) is 5.69 Å². The van der Waals surface area contributed by atoms with Gasteiger partial charge in [0.15, 0.2) is 0 Å². The lowest BCUT2D eigenvalue weighted by Gasteiger charge is -2.04. The standard InChI is InChI=1S/C13H13ClN2O3/c1-3-9-7(2)15-16(12(9)17)8-4-5-11(14)10(6-8)13(18)19/h4-6,15H,3H2,1-2H3,(H,18,19). The summed E-state index contributed by atoms with van der Waals surface area (Å²) in [7, 11) is 0. The monoisotopic (exact) mass is 280 g/mol. The maximum atomic E-state index is 12.1. The van der Waals surface area contributed by atoms with Gasteiger partial charge < -0.3 is 5.11 Å². The van der Waals surface area contributed by atoms with Crippen molar-refractivity contribution >= 4 is 17.6 Å². The Morgan fingerprint density at radius 2 is 2.16 bits per heavy atom. The number of aromatic amines is 1. The third kappa shape index (κ3) is 2.29. The molecule has 0 bridgehead atoms. The van der Waals surface area contributed by atoms with Crippen molar-refractivity contribution in [1.82, 2.24) is 9.78 Å². The van der Waals surface area contributed by atoms with Crippen LogP contribution in [0.2, 0.25) is 5.02 Å². The molecule has 6 heteroatoms. The van der Waals surface area contributed by atoms with Gasteiger partial charge in [-0.1, -0.05) is 18.5 Å². The summed E-state index contributed by atoms with van der Waals surface area (Å²) in [6, 6.07) is 4.45. The molecule has 0 aliphatic rings. The fraction of sp³-hybridized carbons (Fsp3) is 0.231. The van der Waals surface area contributed by atoms with Crippen LogP contribution in [0.5, 0.6) is 0 Å². The minimum absolute atomic E-state index is 0.0311. The Hall–Kier alpha value is -2.01. The Morgan fingerprint density at radius 1 is 1.47 bits per heavy atom. The van der Waals surface area contributed by atoms with E-state index in [4.69, 9.17) is 16.7 Å². The molecule has 0 unspecified atom stereocenters. The molecule has 2 N–H and O–H groups in total. The van der Waals surface area contributed by atoms with E-state index >= 15 is 0 Å². The van der Waals surface area contributed by atoms with E-state index in [-0.39, 0.29) is 16.1 Å². The van der Waals surface area contributed by atoms with Crippen LogP contribution in [0.4, 0.5) is 0 Å². The minimum Gasteiger partial charge on any atom is -0.478 e. The first-order chi connectivity index (χ1) is 8.95. The molecule has 0 amide bonds. The van der Waals surface area contributed by atoms with Gasteiger partial charge in [0.05, 0.1) is 16.3 Å². The van der Waals surface area contributed by atoms with Gasteiger partial charge in [-0.15, -0.1) is 0 Å². The predicted molar refractivity (Wildman–Crippen MR) is 72.5 cm³/mol. The third-order valence-electron chi connectivity index (χ3n) is 2.99. The molecular formula is C13H13ClN2O3. The summed E-state index contributed by atoms with van der Waals surface area (Å²) in [4.78, 5) is 23.2. The van der Waals surface area contributed by atoms with Gasteiger partial charge in [-0.2, -0.15) is 0 Å². The molecule has 0 saturated carbocycles. The van der Waals surface area contributed by atoms with Crippen molar-refractivity contribution in [3.05, 3.63) is 50.4 Å². The number of aromatic carboxylic acids is 1. The maximum Gasteiger partial charge on any atom is 0.337 e. The Kier molecular flexibility index (Phi) is 3.48. The van der Waals surface area contributed by atoms with Crippen molar-refractivity contribution in [3.8, 4) is 5.69 Å². The number of benzene rings is 1. The molecule has 0 spiro atoms. The van der Waals surface area contributed by atoms with Crippen molar-refractivity contribution in [2.24, 2.45) is 0 Å². The first kappa shape index (κ1) is 13.4. The first-order valence-corrected chi connectivity index (χ1v) is 6.17. The number of hydrogen-bond donors (Lipinski definition) is 2. The molecule has 0 aliphatic heterocycles. The summed E-state index contributed by atoms with van der Waals surface area (Å²) >= 11 is 5.80. The molecule has 2 aromatic rings. The second-order valence-electron chi connectivity index (χ2n) is 4.18. The number of carboxylic acid groups (broad SMARTS) is 1. The van der Waals surface area contributed by atoms with Crippen LogP contribution in [-0.4, -0.2) is 20.9 Å². The number of nitrogens with zero attached hydrogens (tertiary/aromatic N) is 1. The van der Waals surface area contributed by atoms with E-state index in [0.29, 0.717) is 17.7 Å². The maximum absolute atomic E-state index is 12.1. The number of aryl methyl sites for hydroxylation is 1. The molecule has 1 aromatic heterocycles. The van der Waals surface area contributed by atoms with Crippen LogP contribution in [0.15, 0.2) is 23.0 Å². The quantitative estimate of drug-likeness (QED) is 0.906. The Morgan fingerprint density at radius 3 is 2.68 bits per heavy atom. The molecule has 0 radical (unpaired) electrons. The summed E-state index contributed by atoms with van der Waals surface area (Å²) in [6.45, 7) is 3.71. The topological polar surface area (TPSA) is 75.1 Å². The smallest absolute Gasteiger partial charge is 0.337 e. The van der Waals surface area contributed by atoms with Crippen molar-refractivity contribution in [2.45, 2.75) is 20.3 Å². The van der Waals surface area contributed by atoms with Gasteiger partial charge in [-0.25, -0.2) is 9.48 Å². The highest BCUT2D eigenvalue weighted by atomic mass is 35.5. The van der Waals surface area contributed by atoms with Crippen molar-refractivity contribution in [3.63, 3.8) is 0 Å². The Labute approximate surface area is 114 Å². The number of carboxylic acids is 1. The second-order valence-corrected chi connectivity index (χ2v) is 4.59. The number of hydrogen-bond acceptors (Lipinski definition) is 2. The predicted octanol–water partition coefficient (Wildman–Crippen LogP) is 2.39. The van der Waals surface area contributed by atoms with Crippen LogP contribution < -0.4 is 5.56 Å². The Balaban J connectivity index is 2.63.